The van der Waals surface area contributed by atoms with Crippen LogP contribution in [0.5, 0.6) is 5.75 Å². The fraction of sp³-hybridized carbons (Fsp3) is 0.308. The fourth-order valence-electron chi connectivity index (χ4n) is 4.07. The number of piperidine rings is 1. The molecule has 3 nitrogen and oxygen atoms in total. The number of benzene rings is 3. The minimum absolute atomic E-state index is 0.0586. The van der Waals surface area contributed by atoms with Gasteiger partial charge in [0.2, 0.25) is 0 Å². The lowest BCUT2D eigenvalue weighted by Gasteiger charge is -2.38. The minimum atomic E-state index is -0.0586. The van der Waals surface area contributed by atoms with Crippen molar-refractivity contribution in [3.05, 3.63) is 102 Å². The zero-order chi connectivity index (χ0) is 19.9. The zero-order valence-electron chi connectivity index (χ0n) is 16.8. The third kappa shape index (κ3) is 5.26. The third-order valence-corrected chi connectivity index (χ3v) is 5.68. The van der Waals surface area contributed by atoms with Crippen LogP contribution in [0.4, 0.5) is 0 Å². The summed E-state index contributed by atoms with van der Waals surface area (Å²) in [5, 5.41) is 9.50. The molecule has 1 aliphatic rings. The van der Waals surface area contributed by atoms with Crippen LogP contribution in [-0.2, 0) is 11.2 Å². The molecule has 0 bridgehead atoms. The first-order valence-corrected chi connectivity index (χ1v) is 10.6. The van der Waals surface area contributed by atoms with E-state index in [-0.39, 0.29) is 12.3 Å². The quantitative estimate of drug-likeness (QED) is 0.577. The van der Waals surface area contributed by atoms with Crippen LogP contribution in [0.1, 0.15) is 42.1 Å². The van der Waals surface area contributed by atoms with Crippen LogP contribution < -0.4 is 0 Å². The molecular formula is C26H29NO2. The van der Waals surface area contributed by atoms with Crippen LogP contribution in [0.25, 0.3) is 0 Å². The molecule has 1 aliphatic heterocycles. The molecule has 1 N–H and O–H groups in total. The first-order valence-electron chi connectivity index (χ1n) is 10.6. The minimum Gasteiger partial charge on any atom is -0.508 e. The molecule has 4 rings (SSSR count). The predicted octanol–water partition coefficient (Wildman–Crippen LogP) is 5.55. The number of phenolic OH excluding ortho intramolecular Hbond substituents is 1. The number of phenols is 1. The van der Waals surface area contributed by atoms with Gasteiger partial charge in [-0.05, 0) is 54.5 Å². The van der Waals surface area contributed by atoms with E-state index in [1.165, 1.54) is 29.5 Å². The maximum absolute atomic E-state index is 9.50. The van der Waals surface area contributed by atoms with E-state index in [4.69, 9.17) is 4.74 Å². The van der Waals surface area contributed by atoms with Crippen molar-refractivity contribution in [2.75, 3.05) is 13.1 Å². The maximum atomic E-state index is 9.50. The summed E-state index contributed by atoms with van der Waals surface area (Å²) in [7, 11) is 0. The SMILES string of the molecule is Oc1ccc(CCN2CCCCC2OC(c2ccccc2)c2ccccc2)cc1. The molecule has 29 heavy (non-hydrogen) atoms. The Kier molecular flexibility index (Phi) is 6.60. The van der Waals surface area contributed by atoms with Crippen molar-refractivity contribution in [2.45, 2.75) is 38.0 Å². The highest BCUT2D eigenvalue weighted by Gasteiger charge is 2.27. The van der Waals surface area contributed by atoms with E-state index in [1.807, 2.05) is 12.1 Å². The number of rotatable bonds is 7. The molecule has 0 spiro atoms. The van der Waals surface area contributed by atoms with Gasteiger partial charge in [0.05, 0.1) is 0 Å². The van der Waals surface area contributed by atoms with Crippen LogP contribution in [0.3, 0.4) is 0 Å². The summed E-state index contributed by atoms with van der Waals surface area (Å²) in [5.74, 6) is 0.321. The van der Waals surface area contributed by atoms with Crippen LogP contribution in [0, 0.1) is 0 Å². The van der Waals surface area contributed by atoms with Crippen molar-refractivity contribution in [3.8, 4) is 5.75 Å². The summed E-state index contributed by atoms with van der Waals surface area (Å²) in [6.45, 7) is 2.03. The van der Waals surface area contributed by atoms with Gasteiger partial charge in [0, 0.05) is 13.1 Å². The van der Waals surface area contributed by atoms with Crippen LogP contribution in [0.2, 0.25) is 0 Å². The van der Waals surface area contributed by atoms with E-state index in [9.17, 15) is 5.11 Å². The highest BCUT2D eigenvalue weighted by atomic mass is 16.5. The number of nitrogens with zero attached hydrogens (tertiary/aromatic N) is 1. The molecule has 1 saturated heterocycles. The van der Waals surface area contributed by atoms with E-state index in [2.05, 4.69) is 65.6 Å². The Bertz CT molecular complexity index is 825. The summed E-state index contributed by atoms with van der Waals surface area (Å²) < 4.78 is 6.77. The number of likely N-dealkylation sites (tertiary alicyclic amines) is 1. The van der Waals surface area contributed by atoms with Gasteiger partial charge in [0.1, 0.15) is 18.1 Å². The molecule has 1 atom stereocenters. The lowest BCUT2D eigenvalue weighted by molar-refractivity contribution is -0.105. The number of aromatic hydroxyl groups is 1. The summed E-state index contributed by atoms with van der Waals surface area (Å²) >= 11 is 0. The van der Waals surface area contributed by atoms with Crippen molar-refractivity contribution < 1.29 is 9.84 Å². The Morgan fingerprint density at radius 3 is 2.07 bits per heavy atom. The first-order chi connectivity index (χ1) is 14.3. The number of ether oxygens (including phenoxy) is 1. The molecule has 0 amide bonds. The standard InChI is InChI=1S/C26H29NO2/c28-24-16-14-21(15-17-24)18-20-27-19-8-7-13-25(27)29-26(22-9-3-1-4-10-22)23-11-5-2-6-12-23/h1-6,9-12,14-17,25-26,28H,7-8,13,18-20H2. The lowest BCUT2D eigenvalue weighted by Crippen LogP contribution is -2.43. The van der Waals surface area contributed by atoms with E-state index in [1.54, 1.807) is 12.1 Å². The molecule has 3 aromatic carbocycles. The summed E-state index contributed by atoms with van der Waals surface area (Å²) in [5.41, 5.74) is 3.64. The number of hydrogen-bond donors (Lipinski definition) is 1. The van der Waals surface area contributed by atoms with Gasteiger partial charge in [0.25, 0.3) is 0 Å². The Morgan fingerprint density at radius 1 is 0.828 bits per heavy atom. The molecule has 1 heterocycles. The summed E-state index contributed by atoms with van der Waals surface area (Å²) in [4.78, 5) is 2.48. The van der Waals surface area contributed by atoms with E-state index in [0.29, 0.717) is 5.75 Å². The van der Waals surface area contributed by atoms with Gasteiger partial charge in [-0.25, -0.2) is 0 Å². The van der Waals surface area contributed by atoms with E-state index >= 15 is 0 Å². The topological polar surface area (TPSA) is 32.7 Å². The second-order valence-corrected chi connectivity index (χ2v) is 7.74. The largest absolute Gasteiger partial charge is 0.508 e. The smallest absolute Gasteiger partial charge is 0.115 e. The lowest BCUT2D eigenvalue weighted by atomic mass is 10.0. The van der Waals surface area contributed by atoms with Crippen molar-refractivity contribution >= 4 is 0 Å². The Labute approximate surface area is 173 Å². The van der Waals surface area contributed by atoms with Crippen molar-refractivity contribution in [1.29, 1.82) is 0 Å². The number of hydrogen-bond acceptors (Lipinski definition) is 3. The molecule has 0 radical (unpaired) electrons. The normalized spacial score (nSPS) is 17.5. The van der Waals surface area contributed by atoms with Crippen LogP contribution in [0.15, 0.2) is 84.9 Å². The highest BCUT2D eigenvalue weighted by molar-refractivity contribution is 5.30. The molecular weight excluding hydrogens is 358 g/mol. The van der Waals surface area contributed by atoms with Gasteiger partial charge in [0.15, 0.2) is 0 Å². The summed E-state index contributed by atoms with van der Waals surface area (Å²) in [6, 6.07) is 28.6. The van der Waals surface area contributed by atoms with Gasteiger partial charge >= 0.3 is 0 Å². The van der Waals surface area contributed by atoms with Crippen molar-refractivity contribution in [2.24, 2.45) is 0 Å². The molecule has 0 aliphatic carbocycles. The predicted molar refractivity (Wildman–Crippen MR) is 117 cm³/mol. The second kappa shape index (κ2) is 9.73. The average Bonchev–Trinajstić information content (AvgIpc) is 2.79. The molecule has 0 aromatic heterocycles. The van der Waals surface area contributed by atoms with Crippen molar-refractivity contribution in [1.82, 2.24) is 4.90 Å². The Morgan fingerprint density at radius 2 is 1.45 bits per heavy atom. The third-order valence-electron chi connectivity index (χ3n) is 5.68. The van der Waals surface area contributed by atoms with Gasteiger partial charge in [-0.2, -0.15) is 0 Å². The molecule has 1 unspecified atom stereocenters. The zero-order valence-corrected chi connectivity index (χ0v) is 16.8. The van der Waals surface area contributed by atoms with E-state index in [0.717, 1.165) is 25.9 Å². The van der Waals surface area contributed by atoms with Gasteiger partial charge in [-0.1, -0.05) is 72.8 Å². The molecule has 150 valence electrons. The monoisotopic (exact) mass is 387 g/mol. The van der Waals surface area contributed by atoms with Crippen LogP contribution >= 0.6 is 0 Å². The maximum Gasteiger partial charge on any atom is 0.115 e. The van der Waals surface area contributed by atoms with Gasteiger partial charge < -0.3 is 9.84 Å². The van der Waals surface area contributed by atoms with E-state index < -0.39 is 0 Å². The first kappa shape index (κ1) is 19.7. The summed E-state index contributed by atoms with van der Waals surface area (Å²) in [6.07, 6.45) is 4.50. The fourth-order valence-corrected chi connectivity index (χ4v) is 4.07. The molecule has 3 heteroatoms. The molecule has 3 aromatic rings. The Hall–Kier alpha value is -2.62. The molecule has 0 saturated carbocycles. The Balaban J connectivity index is 1.49. The highest BCUT2D eigenvalue weighted by Crippen LogP contribution is 2.31. The average molecular weight is 388 g/mol. The van der Waals surface area contributed by atoms with Crippen molar-refractivity contribution in [3.63, 3.8) is 0 Å². The van der Waals surface area contributed by atoms with Gasteiger partial charge in [-0.15, -0.1) is 0 Å². The van der Waals surface area contributed by atoms with Crippen LogP contribution in [-0.4, -0.2) is 29.3 Å². The molecule has 1 fully saturated rings. The van der Waals surface area contributed by atoms with Gasteiger partial charge in [-0.3, -0.25) is 4.90 Å². The second-order valence-electron chi connectivity index (χ2n) is 7.74.